The van der Waals surface area contributed by atoms with Crippen molar-refractivity contribution in [3.8, 4) is 0 Å². The van der Waals surface area contributed by atoms with Crippen LogP contribution in [0.3, 0.4) is 0 Å². The lowest BCUT2D eigenvalue weighted by molar-refractivity contribution is 1.41. The Labute approximate surface area is 110 Å². The number of benzene rings is 1. The highest BCUT2D eigenvalue weighted by molar-refractivity contribution is 7.11. The van der Waals surface area contributed by atoms with Crippen LogP contribution in [-0.4, -0.2) is 4.98 Å². The molecule has 0 saturated heterocycles. The number of hydrogen-bond acceptors (Lipinski definition) is 3. The Morgan fingerprint density at radius 3 is 2.83 bits per heavy atom. The molecule has 2 nitrogen and oxygen atoms in total. The summed E-state index contributed by atoms with van der Waals surface area (Å²) in [6.45, 7) is 4.07. The van der Waals surface area contributed by atoms with Gasteiger partial charge in [0.15, 0.2) is 0 Å². The van der Waals surface area contributed by atoms with Crippen LogP contribution in [0.25, 0.3) is 16.6 Å². The second kappa shape index (κ2) is 4.63. The Kier molecular flexibility index (Phi) is 2.82. The summed E-state index contributed by atoms with van der Waals surface area (Å²) in [5, 5.41) is 6.51. The summed E-state index contributed by atoms with van der Waals surface area (Å²) in [5.74, 6) is 0. The quantitative estimate of drug-likeness (QED) is 0.748. The topological polar surface area (TPSA) is 24.9 Å². The van der Waals surface area contributed by atoms with Crippen molar-refractivity contribution in [2.45, 2.75) is 0 Å². The fourth-order valence-corrected chi connectivity index (χ4v) is 2.53. The van der Waals surface area contributed by atoms with E-state index in [0.717, 1.165) is 27.2 Å². The van der Waals surface area contributed by atoms with Gasteiger partial charge >= 0.3 is 0 Å². The Morgan fingerprint density at radius 2 is 2.00 bits per heavy atom. The smallest absolute Gasteiger partial charge is 0.0936 e. The van der Waals surface area contributed by atoms with Crippen molar-refractivity contribution in [3.05, 3.63) is 65.5 Å². The molecule has 0 aliphatic heterocycles. The molecule has 0 fully saturated rings. The number of aromatic nitrogens is 1. The largest absolute Gasteiger partial charge is 0.353 e. The molecule has 0 radical (unpaired) electrons. The maximum absolute atomic E-state index is 4.42. The first kappa shape index (κ1) is 11.0. The van der Waals surface area contributed by atoms with Crippen LogP contribution in [0.4, 0.5) is 5.69 Å². The number of thiophene rings is 1. The van der Waals surface area contributed by atoms with Crippen LogP contribution in [0, 0.1) is 0 Å². The summed E-state index contributed by atoms with van der Waals surface area (Å²) in [6.07, 6.45) is 1.81. The third-order valence-electron chi connectivity index (χ3n) is 2.74. The van der Waals surface area contributed by atoms with Gasteiger partial charge in [-0.25, -0.2) is 0 Å². The highest BCUT2D eigenvalue weighted by atomic mass is 32.1. The van der Waals surface area contributed by atoms with E-state index >= 15 is 0 Å². The maximum atomic E-state index is 4.42. The average molecular weight is 252 g/mol. The molecule has 0 atom stereocenters. The van der Waals surface area contributed by atoms with Crippen molar-refractivity contribution in [1.82, 2.24) is 4.98 Å². The van der Waals surface area contributed by atoms with E-state index in [0.29, 0.717) is 0 Å². The number of nitrogens with zero attached hydrogens (tertiary/aromatic N) is 1. The van der Waals surface area contributed by atoms with E-state index in [1.807, 2.05) is 29.6 Å². The van der Waals surface area contributed by atoms with Crippen LogP contribution in [0.5, 0.6) is 0 Å². The molecule has 0 saturated carbocycles. The van der Waals surface area contributed by atoms with E-state index in [-0.39, 0.29) is 0 Å². The number of rotatable bonds is 3. The van der Waals surface area contributed by atoms with E-state index in [2.05, 4.69) is 35.1 Å². The number of hydrogen-bond donors (Lipinski definition) is 1. The van der Waals surface area contributed by atoms with Gasteiger partial charge in [-0.2, -0.15) is 0 Å². The highest BCUT2D eigenvalue weighted by Crippen LogP contribution is 2.25. The van der Waals surface area contributed by atoms with Gasteiger partial charge in [0, 0.05) is 22.2 Å². The van der Waals surface area contributed by atoms with E-state index < -0.39 is 0 Å². The molecule has 0 aliphatic carbocycles. The predicted molar refractivity (Wildman–Crippen MR) is 78.7 cm³/mol. The summed E-state index contributed by atoms with van der Waals surface area (Å²) in [6, 6.07) is 14.2. The Hall–Kier alpha value is -2.13. The summed E-state index contributed by atoms with van der Waals surface area (Å²) >= 11 is 1.67. The first-order valence-electron chi connectivity index (χ1n) is 5.68. The fourth-order valence-electron chi connectivity index (χ4n) is 1.88. The Morgan fingerprint density at radius 1 is 1.11 bits per heavy atom. The lowest BCUT2D eigenvalue weighted by atomic mass is 10.2. The molecule has 0 unspecified atom stereocenters. The van der Waals surface area contributed by atoms with Crippen LogP contribution in [0.1, 0.15) is 4.88 Å². The minimum Gasteiger partial charge on any atom is -0.353 e. The Bertz CT molecular complexity index is 681. The van der Waals surface area contributed by atoms with Gasteiger partial charge < -0.3 is 5.32 Å². The highest BCUT2D eigenvalue weighted by Gasteiger charge is 2.04. The van der Waals surface area contributed by atoms with E-state index in [4.69, 9.17) is 0 Å². The van der Waals surface area contributed by atoms with Gasteiger partial charge in [0.1, 0.15) is 0 Å². The second-order valence-electron chi connectivity index (χ2n) is 3.96. The molecule has 3 rings (SSSR count). The van der Waals surface area contributed by atoms with Gasteiger partial charge in [-0.3, -0.25) is 4.98 Å². The zero-order valence-corrected chi connectivity index (χ0v) is 10.6. The normalized spacial score (nSPS) is 10.4. The van der Waals surface area contributed by atoms with E-state index in [1.165, 1.54) is 0 Å². The number of pyridine rings is 1. The van der Waals surface area contributed by atoms with E-state index in [1.54, 1.807) is 17.5 Å². The van der Waals surface area contributed by atoms with E-state index in [9.17, 15) is 0 Å². The summed E-state index contributed by atoms with van der Waals surface area (Å²) in [4.78, 5) is 5.56. The number of nitrogens with one attached hydrogen (secondary N) is 1. The third-order valence-corrected chi connectivity index (χ3v) is 3.67. The fraction of sp³-hybridized carbons (Fsp3) is 0. The molecule has 1 aromatic carbocycles. The summed E-state index contributed by atoms with van der Waals surface area (Å²) in [7, 11) is 0. The van der Waals surface area contributed by atoms with Gasteiger partial charge in [0.25, 0.3) is 0 Å². The average Bonchev–Trinajstić information content (AvgIpc) is 2.93. The SMILES string of the molecule is C=C(Nc1cccc2cccnc12)c1cccs1. The van der Waals surface area contributed by atoms with Crippen molar-refractivity contribution in [3.63, 3.8) is 0 Å². The molecule has 0 bridgehead atoms. The molecule has 18 heavy (non-hydrogen) atoms. The minimum absolute atomic E-state index is 0.906. The molecular formula is C15H12N2S. The van der Waals surface area contributed by atoms with Gasteiger partial charge in [0.05, 0.1) is 11.2 Å². The zero-order chi connectivity index (χ0) is 12.4. The molecule has 2 aromatic heterocycles. The van der Waals surface area contributed by atoms with Gasteiger partial charge in [0.2, 0.25) is 0 Å². The molecule has 3 aromatic rings. The number of anilines is 1. The first-order valence-corrected chi connectivity index (χ1v) is 6.56. The molecule has 3 heteroatoms. The van der Waals surface area contributed by atoms with Crippen molar-refractivity contribution >= 4 is 33.6 Å². The summed E-state index contributed by atoms with van der Waals surface area (Å²) < 4.78 is 0. The third kappa shape index (κ3) is 2.00. The maximum Gasteiger partial charge on any atom is 0.0936 e. The van der Waals surface area contributed by atoms with Crippen LogP contribution in [0.2, 0.25) is 0 Å². The van der Waals surface area contributed by atoms with Crippen LogP contribution in [-0.2, 0) is 0 Å². The number of para-hydroxylation sites is 1. The van der Waals surface area contributed by atoms with Crippen LogP contribution in [0.15, 0.2) is 60.6 Å². The second-order valence-corrected chi connectivity index (χ2v) is 4.91. The zero-order valence-electron chi connectivity index (χ0n) is 9.76. The van der Waals surface area contributed by atoms with Crippen molar-refractivity contribution in [2.24, 2.45) is 0 Å². The number of fused-ring (bicyclic) bond motifs is 1. The van der Waals surface area contributed by atoms with Crippen LogP contribution >= 0.6 is 11.3 Å². The molecule has 0 aliphatic rings. The molecular weight excluding hydrogens is 240 g/mol. The predicted octanol–water partition coefficient (Wildman–Crippen LogP) is 4.38. The van der Waals surface area contributed by atoms with Gasteiger partial charge in [-0.05, 0) is 23.6 Å². The molecule has 1 N–H and O–H groups in total. The molecule has 2 heterocycles. The minimum atomic E-state index is 0.906. The molecule has 0 amide bonds. The monoisotopic (exact) mass is 252 g/mol. The Balaban J connectivity index is 1.98. The van der Waals surface area contributed by atoms with Crippen molar-refractivity contribution in [2.75, 3.05) is 5.32 Å². The molecule has 0 spiro atoms. The summed E-state index contributed by atoms with van der Waals surface area (Å²) in [5.41, 5.74) is 2.87. The van der Waals surface area contributed by atoms with Crippen molar-refractivity contribution < 1.29 is 0 Å². The van der Waals surface area contributed by atoms with Crippen molar-refractivity contribution in [1.29, 1.82) is 0 Å². The van der Waals surface area contributed by atoms with Gasteiger partial charge in [-0.15, -0.1) is 11.3 Å². The lowest BCUT2D eigenvalue weighted by Crippen LogP contribution is -1.97. The standard InChI is InChI=1S/C15H12N2S/c1-11(14-8-4-10-18-14)17-13-7-2-5-12-6-3-9-16-15(12)13/h2-10,17H,1H2. The lowest BCUT2D eigenvalue weighted by Gasteiger charge is -2.10. The van der Waals surface area contributed by atoms with Gasteiger partial charge in [-0.1, -0.05) is 30.8 Å². The van der Waals surface area contributed by atoms with Crippen LogP contribution < -0.4 is 5.32 Å². The molecule has 88 valence electrons. The first-order chi connectivity index (χ1) is 8.84.